The van der Waals surface area contributed by atoms with Crippen LogP contribution in [-0.2, 0) is 0 Å². The van der Waals surface area contributed by atoms with Gasteiger partial charge in [0.2, 0.25) is 0 Å². The Hall–Kier alpha value is -1.30. The van der Waals surface area contributed by atoms with Gasteiger partial charge in [-0.25, -0.2) is 0 Å². The van der Waals surface area contributed by atoms with E-state index in [1.54, 1.807) is 0 Å². The lowest BCUT2D eigenvalue weighted by molar-refractivity contribution is 0.455. The summed E-state index contributed by atoms with van der Waals surface area (Å²) in [5.41, 5.74) is 3.01. The number of allylic oxidation sites excluding steroid dienone is 4. The minimum absolute atomic E-state index is 0.590. The first kappa shape index (κ1) is 15.1. The Morgan fingerprint density at radius 2 is 1.80 bits per heavy atom. The van der Waals surface area contributed by atoms with Crippen LogP contribution in [0.2, 0.25) is 0 Å². The van der Waals surface area contributed by atoms with E-state index in [9.17, 15) is 0 Å². The van der Waals surface area contributed by atoms with Crippen molar-refractivity contribution in [2.75, 3.05) is 0 Å². The van der Waals surface area contributed by atoms with E-state index in [-0.39, 0.29) is 0 Å². The van der Waals surface area contributed by atoms with E-state index in [0.29, 0.717) is 5.92 Å². The first-order chi connectivity index (χ1) is 9.81. The van der Waals surface area contributed by atoms with Gasteiger partial charge >= 0.3 is 0 Å². The van der Waals surface area contributed by atoms with Gasteiger partial charge in [0.05, 0.1) is 0 Å². The second kappa shape index (κ2) is 8.09. The zero-order chi connectivity index (χ0) is 14.2. The Labute approximate surface area is 124 Å². The quantitative estimate of drug-likeness (QED) is 0.547. The van der Waals surface area contributed by atoms with Gasteiger partial charge in [-0.05, 0) is 42.7 Å². The van der Waals surface area contributed by atoms with Crippen molar-refractivity contribution in [1.29, 1.82) is 0 Å². The highest BCUT2D eigenvalue weighted by molar-refractivity contribution is 5.36. The van der Waals surface area contributed by atoms with Crippen molar-refractivity contribution in [1.82, 2.24) is 0 Å². The predicted octanol–water partition coefficient (Wildman–Crippen LogP) is 6.26. The van der Waals surface area contributed by atoms with Crippen LogP contribution in [0.5, 0.6) is 0 Å². The molecule has 2 atom stereocenters. The number of benzene rings is 1. The van der Waals surface area contributed by atoms with Crippen molar-refractivity contribution in [2.24, 2.45) is 5.92 Å². The summed E-state index contributed by atoms with van der Waals surface area (Å²) in [4.78, 5) is 0. The van der Waals surface area contributed by atoms with Gasteiger partial charge in [0.25, 0.3) is 0 Å². The molecule has 0 nitrogen and oxygen atoms in total. The average Bonchev–Trinajstić information content (AvgIpc) is 2.50. The van der Waals surface area contributed by atoms with Gasteiger partial charge in [0.1, 0.15) is 0 Å². The summed E-state index contributed by atoms with van der Waals surface area (Å²) in [6, 6.07) is 11.0. The fourth-order valence-corrected chi connectivity index (χ4v) is 3.19. The molecular formula is C20H28. The van der Waals surface area contributed by atoms with E-state index in [0.717, 1.165) is 5.92 Å². The molecule has 1 aliphatic carbocycles. The van der Waals surface area contributed by atoms with Crippen LogP contribution >= 0.6 is 0 Å². The van der Waals surface area contributed by atoms with Crippen LogP contribution in [0.4, 0.5) is 0 Å². The van der Waals surface area contributed by atoms with E-state index in [1.165, 1.54) is 49.7 Å². The molecular weight excluding hydrogens is 240 g/mol. The molecule has 108 valence electrons. The highest BCUT2D eigenvalue weighted by Crippen LogP contribution is 2.33. The smallest absolute Gasteiger partial charge is 0.00861 e. The van der Waals surface area contributed by atoms with Crippen molar-refractivity contribution >= 4 is 0 Å². The molecule has 0 heteroatoms. The van der Waals surface area contributed by atoms with Gasteiger partial charge in [0, 0.05) is 5.92 Å². The first-order valence-corrected chi connectivity index (χ1v) is 8.22. The monoisotopic (exact) mass is 268 g/mol. The second-order valence-electron chi connectivity index (χ2n) is 6.12. The van der Waals surface area contributed by atoms with Gasteiger partial charge in [-0.15, -0.1) is 0 Å². The Kier molecular flexibility index (Phi) is 6.11. The third kappa shape index (κ3) is 4.37. The number of rotatable bonds is 7. The van der Waals surface area contributed by atoms with E-state index < -0.39 is 0 Å². The molecule has 0 amide bonds. The zero-order valence-electron chi connectivity index (χ0n) is 13.0. The van der Waals surface area contributed by atoms with Crippen molar-refractivity contribution < 1.29 is 0 Å². The summed E-state index contributed by atoms with van der Waals surface area (Å²) in [6.07, 6.45) is 14.8. The lowest BCUT2D eigenvalue weighted by Crippen LogP contribution is -2.06. The lowest BCUT2D eigenvalue weighted by atomic mass is 9.82. The Morgan fingerprint density at radius 1 is 1.00 bits per heavy atom. The largest absolute Gasteiger partial charge is 0.0839 e. The maximum Gasteiger partial charge on any atom is 0.00861 e. The molecule has 2 unspecified atom stereocenters. The summed E-state index contributed by atoms with van der Waals surface area (Å²) in [5, 5.41) is 0. The van der Waals surface area contributed by atoms with Crippen LogP contribution in [0.25, 0.3) is 0 Å². The molecule has 0 saturated carbocycles. The zero-order valence-corrected chi connectivity index (χ0v) is 13.0. The van der Waals surface area contributed by atoms with Crippen molar-refractivity contribution in [3.63, 3.8) is 0 Å². The lowest BCUT2D eigenvalue weighted by Gasteiger charge is -2.22. The normalized spacial score (nSPS) is 17.6. The number of hydrogen-bond acceptors (Lipinski definition) is 0. The first-order valence-electron chi connectivity index (χ1n) is 8.22. The average molecular weight is 268 g/mol. The summed E-state index contributed by atoms with van der Waals surface area (Å²) in [5.74, 6) is 1.44. The minimum atomic E-state index is 0.590. The van der Waals surface area contributed by atoms with Crippen molar-refractivity contribution in [3.8, 4) is 0 Å². The van der Waals surface area contributed by atoms with Crippen LogP contribution < -0.4 is 0 Å². The summed E-state index contributed by atoms with van der Waals surface area (Å²) in [6.45, 7) is 4.69. The predicted molar refractivity (Wildman–Crippen MR) is 88.9 cm³/mol. The van der Waals surface area contributed by atoms with Crippen molar-refractivity contribution in [3.05, 3.63) is 59.7 Å². The maximum atomic E-state index is 2.45. The van der Waals surface area contributed by atoms with Gasteiger partial charge in [-0.1, -0.05) is 75.2 Å². The molecule has 0 spiro atoms. The third-order valence-corrected chi connectivity index (χ3v) is 4.36. The van der Waals surface area contributed by atoms with Crippen LogP contribution in [0, 0.1) is 5.92 Å². The maximum absolute atomic E-state index is 2.45. The summed E-state index contributed by atoms with van der Waals surface area (Å²) >= 11 is 0. The molecule has 0 aromatic heterocycles. The molecule has 0 radical (unpaired) electrons. The molecule has 0 saturated heterocycles. The molecule has 0 heterocycles. The number of hydrogen-bond donors (Lipinski definition) is 0. The van der Waals surface area contributed by atoms with Crippen LogP contribution in [0.15, 0.2) is 54.1 Å². The molecule has 20 heavy (non-hydrogen) atoms. The standard InChI is InChI=1S/C20H28/c1-3-10-17(2)15-16-20(18-11-6-4-7-12-18)19-13-8-5-9-14-19/h4,6-8,11-14,17,20H,3,5,9-10,15-16H2,1-2H3. The SMILES string of the molecule is CCCC(C)CCC(C1=CCCC=C1)c1ccccc1. The van der Waals surface area contributed by atoms with Gasteiger partial charge in [-0.2, -0.15) is 0 Å². The summed E-state index contributed by atoms with van der Waals surface area (Å²) < 4.78 is 0. The Balaban J connectivity index is 2.08. The molecule has 0 aliphatic heterocycles. The minimum Gasteiger partial charge on any atom is -0.0839 e. The molecule has 0 N–H and O–H groups in total. The highest BCUT2D eigenvalue weighted by atomic mass is 14.2. The van der Waals surface area contributed by atoms with Crippen LogP contribution in [0.1, 0.15) is 63.9 Å². The summed E-state index contributed by atoms with van der Waals surface area (Å²) in [7, 11) is 0. The van der Waals surface area contributed by atoms with E-state index in [1.807, 2.05) is 0 Å². The second-order valence-corrected chi connectivity index (χ2v) is 6.12. The fraction of sp³-hybridized carbons (Fsp3) is 0.500. The van der Waals surface area contributed by atoms with Gasteiger partial charge in [0.15, 0.2) is 0 Å². The molecule has 1 aromatic rings. The van der Waals surface area contributed by atoms with E-state index >= 15 is 0 Å². The van der Waals surface area contributed by atoms with E-state index in [4.69, 9.17) is 0 Å². The molecule has 0 fully saturated rings. The Bertz CT molecular complexity index is 438. The molecule has 1 aromatic carbocycles. The van der Waals surface area contributed by atoms with Gasteiger partial charge < -0.3 is 0 Å². The van der Waals surface area contributed by atoms with E-state index in [2.05, 4.69) is 62.4 Å². The third-order valence-electron chi connectivity index (χ3n) is 4.36. The Morgan fingerprint density at radius 3 is 2.45 bits per heavy atom. The van der Waals surface area contributed by atoms with Crippen LogP contribution in [0.3, 0.4) is 0 Å². The topological polar surface area (TPSA) is 0 Å². The highest BCUT2D eigenvalue weighted by Gasteiger charge is 2.16. The molecule has 0 bridgehead atoms. The van der Waals surface area contributed by atoms with Gasteiger partial charge in [-0.3, -0.25) is 0 Å². The van der Waals surface area contributed by atoms with Crippen LogP contribution in [-0.4, -0.2) is 0 Å². The fourth-order valence-electron chi connectivity index (χ4n) is 3.19. The molecule has 2 rings (SSSR count). The molecule has 1 aliphatic rings. The van der Waals surface area contributed by atoms with Crippen molar-refractivity contribution in [2.45, 2.75) is 58.3 Å².